The Labute approximate surface area is 113 Å². The summed E-state index contributed by atoms with van der Waals surface area (Å²) in [4.78, 5) is 10.0. The minimum atomic E-state index is -0.549. The summed E-state index contributed by atoms with van der Waals surface area (Å²) in [5.41, 5.74) is 0. The Morgan fingerprint density at radius 2 is 2.22 bits per heavy atom. The third-order valence-corrected chi connectivity index (χ3v) is 0.733. The Morgan fingerprint density at radius 3 is 2.33 bits per heavy atom. The first-order chi connectivity index (χ1) is 3.29. The zero-order valence-corrected chi connectivity index (χ0v) is 10.7. The van der Waals surface area contributed by atoms with Gasteiger partial charge in [-0.05, 0) is 6.92 Å². The molecule has 3 nitrogen and oxygen atoms in total. The maximum absolute atomic E-state index is 10.0. The van der Waals surface area contributed by atoms with Crippen molar-refractivity contribution in [3.63, 3.8) is 0 Å². The van der Waals surface area contributed by atoms with E-state index < -0.39 is 6.16 Å². The van der Waals surface area contributed by atoms with Crippen LogP contribution in [-0.2, 0) is 9.47 Å². The molecule has 0 aromatic heterocycles. The predicted molar refractivity (Wildman–Crippen MR) is 21.9 cm³/mol. The topological polar surface area (TPSA) is 35.5 Å². The number of cyclic esters (lactones) is 2. The van der Waals surface area contributed by atoms with Gasteiger partial charge in [0.15, 0.2) is 0 Å². The summed E-state index contributed by atoms with van der Waals surface area (Å²) in [5, 5.41) is 0. The third-order valence-electron chi connectivity index (χ3n) is 0.733. The SMILES string of the molecule is CC1COC(=O)O1.[I-].[K+]. The maximum atomic E-state index is 10.0. The van der Waals surface area contributed by atoms with E-state index in [1.54, 1.807) is 6.92 Å². The molecule has 1 heterocycles. The summed E-state index contributed by atoms with van der Waals surface area (Å²) in [7, 11) is 0. The van der Waals surface area contributed by atoms with Crippen LogP contribution in [0, 0.1) is 0 Å². The van der Waals surface area contributed by atoms with Crippen molar-refractivity contribution in [2.75, 3.05) is 6.61 Å². The van der Waals surface area contributed by atoms with Crippen LogP contribution >= 0.6 is 0 Å². The molecule has 0 aliphatic carbocycles. The Hall–Kier alpha value is 1.64. The second-order valence-electron chi connectivity index (χ2n) is 1.49. The van der Waals surface area contributed by atoms with E-state index in [1.807, 2.05) is 0 Å². The van der Waals surface area contributed by atoms with E-state index in [-0.39, 0.29) is 81.5 Å². The molecular weight excluding hydrogens is 262 g/mol. The van der Waals surface area contributed by atoms with E-state index in [0.29, 0.717) is 6.61 Å². The van der Waals surface area contributed by atoms with Gasteiger partial charge in [0.25, 0.3) is 0 Å². The van der Waals surface area contributed by atoms with Gasteiger partial charge in [0.1, 0.15) is 12.7 Å². The van der Waals surface area contributed by atoms with Crippen molar-refractivity contribution in [3.8, 4) is 0 Å². The molecule has 1 saturated heterocycles. The van der Waals surface area contributed by atoms with Crippen LogP contribution in [0.5, 0.6) is 0 Å². The molecule has 9 heavy (non-hydrogen) atoms. The van der Waals surface area contributed by atoms with E-state index in [1.165, 1.54) is 0 Å². The molecule has 0 spiro atoms. The maximum Gasteiger partial charge on any atom is 1.00 e. The number of rotatable bonds is 0. The van der Waals surface area contributed by atoms with E-state index in [4.69, 9.17) is 0 Å². The molecule has 1 aliphatic heterocycles. The molecular formula is C4H6IKO3. The van der Waals surface area contributed by atoms with Gasteiger partial charge in [0.05, 0.1) is 0 Å². The molecule has 0 aromatic carbocycles. The van der Waals surface area contributed by atoms with Gasteiger partial charge in [-0.2, -0.15) is 0 Å². The summed E-state index contributed by atoms with van der Waals surface area (Å²) in [6.07, 6.45) is -0.597. The van der Waals surface area contributed by atoms with Crippen molar-refractivity contribution in [1.29, 1.82) is 0 Å². The summed E-state index contributed by atoms with van der Waals surface area (Å²) in [5.74, 6) is 0. The van der Waals surface area contributed by atoms with Gasteiger partial charge in [0, 0.05) is 0 Å². The number of ether oxygens (including phenoxy) is 2. The van der Waals surface area contributed by atoms with Crippen LogP contribution in [-0.4, -0.2) is 18.9 Å². The molecule has 1 atom stereocenters. The molecule has 5 heteroatoms. The summed E-state index contributed by atoms with van der Waals surface area (Å²) < 4.78 is 8.90. The summed E-state index contributed by atoms with van der Waals surface area (Å²) in [6, 6.07) is 0. The Bertz CT molecular complexity index is 97.8. The Kier molecular flexibility index (Phi) is 9.35. The molecule has 1 fully saturated rings. The summed E-state index contributed by atoms with van der Waals surface area (Å²) >= 11 is 0. The van der Waals surface area contributed by atoms with Crippen LogP contribution in [0.15, 0.2) is 0 Å². The first-order valence-corrected chi connectivity index (χ1v) is 2.12. The van der Waals surface area contributed by atoms with E-state index >= 15 is 0 Å². The van der Waals surface area contributed by atoms with E-state index in [2.05, 4.69) is 9.47 Å². The van der Waals surface area contributed by atoms with Crippen LogP contribution in [0.25, 0.3) is 0 Å². The predicted octanol–water partition coefficient (Wildman–Crippen LogP) is -5.45. The van der Waals surface area contributed by atoms with Gasteiger partial charge < -0.3 is 33.5 Å². The monoisotopic (exact) mass is 268 g/mol. The fourth-order valence-electron chi connectivity index (χ4n) is 0.418. The smallest absolute Gasteiger partial charge is 1.00 e. The van der Waals surface area contributed by atoms with Crippen molar-refractivity contribution in [2.24, 2.45) is 0 Å². The fourth-order valence-corrected chi connectivity index (χ4v) is 0.418. The fraction of sp³-hybridized carbons (Fsp3) is 0.750. The Morgan fingerprint density at radius 1 is 1.67 bits per heavy atom. The number of hydrogen-bond donors (Lipinski definition) is 0. The standard InChI is InChI=1S/C4H6O3.HI.K/c1-3-2-6-4(5)7-3;;/h3H,2H2,1H3;1H;/q;;+1/p-1. The first-order valence-electron chi connectivity index (χ1n) is 2.12. The minimum absolute atomic E-state index is 0. The van der Waals surface area contributed by atoms with Crippen LogP contribution in [0.1, 0.15) is 6.92 Å². The molecule has 0 N–H and O–H groups in total. The largest absolute Gasteiger partial charge is 1.00 e. The molecule has 0 radical (unpaired) electrons. The van der Waals surface area contributed by atoms with Crippen LogP contribution < -0.4 is 75.4 Å². The van der Waals surface area contributed by atoms with E-state index in [9.17, 15) is 4.79 Å². The quantitative estimate of drug-likeness (QED) is 0.250. The molecule has 0 bridgehead atoms. The van der Waals surface area contributed by atoms with Crippen LogP contribution in [0.3, 0.4) is 0 Å². The third kappa shape index (κ3) is 4.97. The number of carbonyl (C=O) groups is 1. The second-order valence-corrected chi connectivity index (χ2v) is 1.49. The van der Waals surface area contributed by atoms with Crippen molar-refractivity contribution < 1.29 is 89.6 Å². The normalized spacial score (nSPS) is 22.8. The number of carbonyl (C=O) groups excluding carboxylic acids is 1. The number of halogens is 1. The molecule has 0 saturated carbocycles. The van der Waals surface area contributed by atoms with Gasteiger partial charge in [-0.15, -0.1) is 0 Å². The van der Waals surface area contributed by atoms with Crippen molar-refractivity contribution in [2.45, 2.75) is 13.0 Å². The zero-order chi connectivity index (χ0) is 5.28. The van der Waals surface area contributed by atoms with E-state index in [0.717, 1.165) is 0 Å². The Balaban J connectivity index is 0. The molecule has 1 aliphatic rings. The van der Waals surface area contributed by atoms with Crippen molar-refractivity contribution >= 4 is 6.16 Å². The second kappa shape index (κ2) is 6.35. The van der Waals surface area contributed by atoms with Gasteiger partial charge >= 0.3 is 57.5 Å². The van der Waals surface area contributed by atoms with Crippen LogP contribution in [0.4, 0.5) is 4.79 Å². The first kappa shape index (κ1) is 13.2. The summed E-state index contributed by atoms with van der Waals surface area (Å²) in [6.45, 7) is 2.18. The molecule has 1 unspecified atom stereocenters. The van der Waals surface area contributed by atoms with Gasteiger partial charge in [-0.1, -0.05) is 0 Å². The van der Waals surface area contributed by atoms with Crippen molar-refractivity contribution in [1.82, 2.24) is 0 Å². The molecule has 1 rings (SSSR count). The average molecular weight is 268 g/mol. The zero-order valence-electron chi connectivity index (χ0n) is 5.39. The molecule has 0 amide bonds. The van der Waals surface area contributed by atoms with Gasteiger partial charge in [-0.3, -0.25) is 0 Å². The van der Waals surface area contributed by atoms with Gasteiger partial charge in [-0.25, -0.2) is 4.79 Å². The number of hydrogen-bond acceptors (Lipinski definition) is 3. The van der Waals surface area contributed by atoms with Crippen LogP contribution in [0.2, 0.25) is 0 Å². The molecule has 48 valence electrons. The average Bonchev–Trinajstić information content (AvgIpc) is 1.87. The molecule has 0 aromatic rings. The van der Waals surface area contributed by atoms with Crippen molar-refractivity contribution in [3.05, 3.63) is 0 Å². The minimum Gasteiger partial charge on any atom is -1.00 e. The van der Waals surface area contributed by atoms with Gasteiger partial charge in [0.2, 0.25) is 0 Å².